The Hall–Kier alpha value is -1.12. The Balaban J connectivity index is 2.46. The number of nitrogens with one attached hydrogen (secondary N) is 1. The summed E-state index contributed by atoms with van der Waals surface area (Å²) >= 11 is 0. The third-order valence-electron chi connectivity index (χ3n) is 1.87. The molecule has 1 aliphatic heterocycles. The van der Waals surface area contributed by atoms with E-state index in [1.807, 2.05) is 30.3 Å². The molecule has 0 fully saturated rings. The number of hydroxylamine groups is 2. The number of hydrogen-bond donors (Lipinski definition) is 1. The molecule has 0 radical (unpaired) electrons. The lowest BCUT2D eigenvalue weighted by Crippen LogP contribution is -3.01. The molecule has 0 saturated heterocycles. The molecule has 11 heavy (non-hydrogen) atoms. The fraction of sp³-hybridized carbons (Fsp3) is 0.111. The van der Waals surface area contributed by atoms with Gasteiger partial charge in [0, 0.05) is 5.56 Å². The summed E-state index contributed by atoms with van der Waals surface area (Å²) in [5.74, 6) is 0. The SMILES string of the molecule is [O-][NH+]1C=Cc2ccccc2C1. The molecule has 1 aromatic rings. The van der Waals surface area contributed by atoms with Crippen LogP contribution in [0.2, 0.25) is 0 Å². The summed E-state index contributed by atoms with van der Waals surface area (Å²) in [5.41, 5.74) is 2.31. The monoisotopic (exact) mass is 147 g/mol. The minimum Gasteiger partial charge on any atom is -0.629 e. The maximum atomic E-state index is 10.9. The van der Waals surface area contributed by atoms with Gasteiger partial charge in [-0.05, 0) is 11.6 Å². The van der Waals surface area contributed by atoms with Crippen LogP contribution >= 0.6 is 0 Å². The van der Waals surface area contributed by atoms with Gasteiger partial charge in [-0.2, -0.15) is 0 Å². The molecule has 1 N–H and O–H groups in total. The molecule has 2 heteroatoms. The third kappa shape index (κ3) is 1.18. The van der Waals surface area contributed by atoms with Crippen LogP contribution in [-0.2, 0) is 6.54 Å². The van der Waals surface area contributed by atoms with Crippen LogP contribution in [0.4, 0.5) is 0 Å². The van der Waals surface area contributed by atoms with Gasteiger partial charge in [0.2, 0.25) is 0 Å². The fourth-order valence-corrected chi connectivity index (χ4v) is 1.29. The molecule has 2 rings (SSSR count). The minimum atomic E-state index is 0.198. The van der Waals surface area contributed by atoms with Crippen LogP contribution in [0, 0.1) is 5.21 Å². The van der Waals surface area contributed by atoms with Gasteiger partial charge in [0.15, 0.2) is 0 Å². The van der Waals surface area contributed by atoms with Crippen LogP contribution in [0.15, 0.2) is 30.5 Å². The lowest BCUT2D eigenvalue weighted by molar-refractivity contribution is -0.806. The maximum Gasteiger partial charge on any atom is 0.107 e. The van der Waals surface area contributed by atoms with Crippen molar-refractivity contribution >= 4 is 6.08 Å². The Bertz CT molecular complexity index is 293. The van der Waals surface area contributed by atoms with E-state index in [1.54, 1.807) is 6.20 Å². The molecule has 0 amide bonds. The summed E-state index contributed by atoms with van der Waals surface area (Å²) in [6.07, 6.45) is 3.52. The first kappa shape index (κ1) is 6.58. The van der Waals surface area contributed by atoms with Crippen molar-refractivity contribution < 1.29 is 5.06 Å². The Morgan fingerprint density at radius 3 is 3.00 bits per heavy atom. The second-order valence-corrected chi connectivity index (χ2v) is 2.68. The number of hydrogen-bond acceptors (Lipinski definition) is 1. The first-order valence-electron chi connectivity index (χ1n) is 3.65. The molecular formula is C9H9NO. The minimum absolute atomic E-state index is 0.198. The van der Waals surface area contributed by atoms with E-state index >= 15 is 0 Å². The van der Waals surface area contributed by atoms with Crippen molar-refractivity contribution in [3.63, 3.8) is 0 Å². The molecular weight excluding hydrogens is 138 g/mol. The zero-order chi connectivity index (χ0) is 7.68. The zero-order valence-electron chi connectivity index (χ0n) is 6.08. The summed E-state index contributed by atoms with van der Waals surface area (Å²) in [7, 11) is 0. The van der Waals surface area contributed by atoms with E-state index in [4.69, 9.17) is 0 Å². The van der Waals surface area contributed by atoms with Crippen LogP contribution in [0.1, 0.15) is 11.1 Å². The van der Waals surface area contributed by atoms with Crippen molar-refractivity contribution in [1.82, 2.24) is 0 Å². The highest BCUT2D eigenvalue weighted by Gasteiger charge is 2.06. The van der Waals surface area contributed by atoms with Crippen molar-refractivity contribution in [2.75, 3.05) is 0 Å². The second kappa shape index (κ2) is 2.49. The molecule has 0 spiro atoms. The van der Waals surface area contributed by atoms with Crippen LogP contribution in [0.25, 0.3) is 6.08 Å². The van der Waals surface area contributed by atoms with Crippen molar-refractivity contribution in [2.45, 2.75) is 6.54 Å². The molecule has 1 atom stereocenters. The lowest BCUT2D eigenvalue weighted by Gasteiger charge is -2.21. The number of rotatable bonds is 0. The normalized spacial score (nSPS) is 21.4. The summed E-state index contributed by atoms with van der Waals surface area (Å²) < 4.78 is 0. The summed E-state index contributed by atoms with van der Waals surface area (Å²) in [5, 5.41) is 11.1. The lowest BCUT2D eigenvalue weighted by atomic mass is 10.1. The quantitative estimate of drug-likeness (QED) is 0.533. The maximum absolute atomic E-state index is 10.9. The Morgan fingerprint density at radius 1 is 1.27 bits per heavy atom. The smallest absolute Gasteiger partial charge is 0.107 e. The van der Waals surface area contributed by atoms with Gasteiger partial charge in [-0.15, -0.1) is 0 Å². The van der Waals surface area contributed by atoms with E-state index in [0.717, 1.165) is 5.56 Å². The van der Waals surface area contributed by atoms with Gasteiger partial charge in [0.25, 0.3) is 0 Å². The standard InChI is InChI=1S/C9H9NO/c11-10-6-5-8-3-1-2-4-9(8)7-10/h1-6,10H,7H2. The molecule has 1 heterocycles. The number of benzene rings is 1. The molecule has 0 aromatic heterocycles. The molecule has 0 saturated carbocycles. The van der Waals surface area contributed by atoms with E-state index in [2.05, 4.69) is 0 Å². The number of fused-ring (bicyclic) bond motifs is 1. The van der Waals surface area contributed by atoms with Gasteiger partial charge in [-0.3, -0.25) is 0 Å². The van der Waals surface area contributed by atoms with E-state index < -0.39 is 0 Å². The summed E-state index contributed by atoms with van der Waals surface area (Å²) in [6.45, 7) is 0.562. The van der Waals surface area contributed by atoms with Gasteiger partial charge in [0.05, 0.1) is 6.20 Å². The molecule has 0 aliphatic carbocycles. The molecule has 0 bridgehead atoms. The van der Waals surface area contributed by atoms with Crippen LogP contribution < -0.4 is 5.06 Å². The van der Waals surface area contributed by atoms with Crippen LogP contribution in [0.3, 0.4) is 0 Å². The largest absolute Gasteiger partial charge is 0.629 e. The second-order valence-electron chi connectivity index (χ2n) is 2.68. The predicted octanol–water partition coefficient (Wildman–Crippen LogP) is 0.554. The van der Waals surface area contributed by atoms with Gasteiger partial charge >= 0.3 is 0 Å². The molecule has 2 nitrogen and oxygen atoms in total. The Kier molecular flexibility index (Phi) is 1.49. The first-order chi connectivity index (χ1) is 5.36. The van der Waals surface area contributed by atoms with Crippen LogP contribution in [-0.4, -0.2) is 0 Å². The van der Waals surface area contributed by atoms with E-state index in [-0.39, 0.29) is 5.06 Å². The topological polar surface area (TPSA) is 27.5 Å². The molecule has 1 aromatic carbocycles. The van der Waals surface area contributed by atoms with E-state index in [1.165, 1.54) is 5.56 Å². The Morgan fingerprint density at radius 2 is 2.09 bits per heavy atom. The van der Waals surface area contributed by atoms with Crippen molar-refractivity contribution in [3.8, 4) is 0 Å². The van der Waals surface area contributed by atoms with E-state index in [9.17, 15) is 5.21 Å². The first-order valence-corrected chi connectivity index (χ1v) is 3.65. The highest BCUT2D eigenvalue weighted by atomic mass is 16.5. The summed E-state index contributed by atoms with van der Waals surface area (Å²) in [6, 6.07) is 7.97. The van der Waals surface area contributed by atoms with Gasteiger partial charge in [-0.1, -0.05) is 24.3 Å². The molecule has 56 valence electrons. The van der Waals surface area contributed by atoms with Crippen molar-refractivity contribution in [1.29, 1.82) is 0 Å². The zero-order valence-corrected chi connectivity index (χ0v) is 6.08. The van der Waals surface area contributed by atoms with Gasteiger partial charge in [0.1, 0.15) is 6.54 Å². The van der Waals surface area contributed by atoms with E-state index in [0.29, 0.717) is 6.54 Å². The van der Waals surface area contributed by atoms with Crippen LogP contribution in [0.5, 0.6) is 0 Å². The molecule has 1 unspecified atom stereocenters. The molecule has 1 aliphatic rings. The predicted molar refractivity (Wildman–Crippen MR) is 43.5 cm³/mol. The average Bonchev–Trinajstić information content (AvgIpc) is 2.04. The van der Waals surface area contributed by atoms with Gasteiger partial charge in [-0.25, -0.2) is 0 Å². The van der Waals surface area contributed by atoms with Crippen molar-refractivity contribution in [2.24, 2.45) is 0 Å². The highest BCUT2D eigenvalue weighted by molar-refractivity contribution is 5.53. The average molecular weight is 147 g/mol. The summed E-state index contributed by atoms with van der Waals surface area (Å²) in [4.78, 5) is 0. The van der Waals surface area contributed by atoms with Crippen molar-refractivity contribution in [3.05, 3.63) is 46.8 Å². The Labute approximate surface area is 65.3 Å². The number of quaternary nitrogens is 1. The van der Waals surface area contributed by atoms with Gasteiger partial charge < -0.3 is 10.3 Å². The fourth-order valence-electron chi connectivity index (χ4n) is 1.29. The third-order valence-corrected chi connectivity index (χ3v) is 1.87. The highest BCUT2D eigenvalue weighted by Crippen LogP contribution is 2.10.